The van der Waals surface area contributed by atoms with E-state index in [-0.39, 0.29) is 6.61 Å². The van der Waals surface area contributed by atoms with Gasteiger partial charge in [0.1, 0.15) is 12.6 Å². The second kappa shape index (κ2) is 8.73. The first-order valence-corrected chi connectivity index (χ1v) is 7.31. The van der Waals surface area contributed by atoms with Gasteiger partial charge in [-0.05, 0) is 12.0 Å². The molecule has 5 nitrogen and oxygen atoms in total. The van der Waals surface area contributed by atoms with Gasteiger partial charge in [0.15, 0.2) is 0 Å². The minimum absolute atomic E-state index is 0.171. The fraction of sp³-hybridized carbons (Fsp3) is 0.385. The monoisotopic (exact) mass is 377 g/mol. The topological polar surface area (TPSA) is 64.6 Å². The van der Waals surface area contributed by atoms with E-state index < -0.39 is 18.1 Å². The molecule has 1 amide bonds. The van der Waals surface area contributed by atoms with Gasteiger partial charge in [-0.1, -0.05) is 52.9 Å². The predicted molar refractivity (Wildman–Crippen MR) is 79.1 cm³/mol. The summed E-state index contributed by atoms with van der Waals surface area (Å²) in [7, 11) is 1.29. The van der Waals surface area contributed by atoms with Gasteiger partial charge in [-0.2, -0.15) is 0 Å². The van der Waals surface area contributed by atoms with Crippen molar-refractivity contribution in [1.82, 2.24) is 5.32 Å². The largest absolute Gasteiger partial charge is 0.467 e. The number of methoxy groups -OCH3 is 1. The minimum atomic E-state index is -0.662. The molecule has 104 valence electrons. The first-order chi connectivity index (χ1) is 9.17. The summed E-state index contributed by atoms with van der Waals surface area (Å²) in [5.74, 6) is -0.465. The molecular formula is C13H16INO4. The van der Waals surface area contributed by atoms with Gasteiger partial charge in [-0.25, -0.2) is 9.59 Å². The van der Waals surface area contributed by atoms with E-state index in [0.717, 1.165) is 9.99 Å². The zero-order valence-electron chi connectivity index (χ0n) is 10.6. The molecule has 1 unspecified atom stereocenters. The summed E-state index contributed by atoms with van der Waals surface area (Å²) in [6, 6.07) is 8.67. The molecular weight excluding hydrogens is 361 g/mol. The van der Waals surface area contributed by atoms with Gasteiger partial charge in [0.2, 0.25) is 0 Å². The van der Waals surface area contributed by atoms with E-state index in [1.54, 1.807) is 0 Å². The zero-order chi connectivity index (χ0) is 14.1. The van der Waals surface area contributed by atoms with Gasteiger partial charge in [-0.15, -0.1) is 0 Å². The molecule has 0 aliphatic rings. The van der Waals surface area contributed by atoms with Crippen molar-refractivity contribution in [2.75, 3.05) is 11.5 Å². The Labute approximate surface area is 125 Å². The standard InChI is InChI=1S/C13H16INO4/c1-18-12(16)11(7-8-14)15-13(17)19-9-10-5-3-2-4-6-10/h2-6,11H,7-9H2,1H3,(H,15,17). The first-order valence-electron chi connectivity index (χ1n) is 5.78. The van der Waals surface area contributed by atoms with Gasteiger partial charge in [0.05, 0.1) is 7.11 Å². The van der Waals surface area contributed by atoms with Crippen LogP contribution in [0.2, 0.25) is 0 Å². The van der Waals surface area contributed by atoms with E-state index in [0.29, 0.717) is 6.42 Å². The lowest BCUT2D eigenvalue weighted by molar-refractivity contribution is -0.143. The Kier molecular flexibility index (Phi) is 7.24. The number of halogens is 1. The molecule has 0 radical (unpaired) electrons. The molecule has 1 N–H and O–H groups in total. The van der Waals surface area contributed by atoms with Crippen LogP contribution in [0.25, 0.3) is 0 Å². The molecule has 6 heteroatoms. The highest BCUT2D eigenvalue weighted by atomic mass is 127. The Hall–Kier alpha value is -1.31. The maximum Gasteiger partial charge on any atom is 0.408 e. The summed E-state index contributed by atoms with van der Waals surface area (Å²) in [4.78, 5) is 23.0. The molecule has 0 aliphatic heterocycles. The molecule has 0 aromatic heterocycles. The molecule has 0 aliphatic carbocycles. The second-order valence-electron chi connectivity index (χ2n) is 3.76. The number of carbonyl (C=O) groups excluding carboxylic acids is 2. The molecule has 0 saturated heterocycles. The average molecular weight is 377 g/mol. The lowest BCUT2D eigenvalue weighted by Gasteiger charge is -2.15. The van der Waals surface area contributed by atoms with Crippen molar-refractivity contribution >= 4 is 34.7 Å². The van der Waals surface area contributed by atoms with Crippen molar-refractivity contribution in [1.29, 1.82) is 0 Å². The highest BCUT2D eigenvalue weighted by molar-refractivity contribution is 14.1. The lowest BCUT2D eigenvalue weighted by Crippen LogP contribution is -2.42. The van der Waals surface area contributed by atoms with Gasteiger partial charge in [0.25, 0.3) is 0 Å². The number of esters is 1. The summed E-state index contributed by atoms with van der Waals surface area (Å²) in [5, 5.41) is 2.50. The molecule has 0 bridgehead atoms. The molecule has 1 aromatic carbocycles. The fourth-order valence-corrected chi connectivity index (χ4v) is 2.03. The quantitative estimate of drug-likeness (QED) is 0.470. The van der Waals surface area contributed by atoms with Crippen molar-refractivity contribution in [3.63, 3.8) is 0 Å². The normalized spacial score (nSPS) is 11.5. The number of amides is 1. The van der Waals surface area contributed by atoms with Gasteiger partial charge in [0, 0.05) is 4.43 Å². The van der Waals surface area contributed by atoms with Gasteiger partial charge >= 0.3 is 12.1 Å². The van der Waals surface area contributed by atoms with Crippen LogP contribution in [0.1, 0.15) is 12.0 Å². The van der Waals surface area contributed by atoms with Gasteiger partial charge in [-0.3, -0.25) is 0 Å². The Bertz CT molecular complexity index is 410. The summed E-state index contributed by atoms with van der Waals surface area (Å²) >= 11 is 2.13. The second-order valence-corrected chi connectivity index (χ2v) is 4.84. The highest BCUT2D eigenvalue weighted by Crippen LogP contribution is 2.03. The number of hydrogen-bond donors (Lipinski definition) is 1. The molecule has 19 heavy (non-hydrogen) atoms. The maximum atomic E-state index is 11.6. The van der Waals surface area contributed by atoms with Crippen molar-refractivity contribution in [3.05, 3.63) is 35.9 Å². The first kappa shape index (κ1) is 15.7. The predicted octanol–water partition coefficient (Wildman–Crippen LogP) is 2.28. The van der Waals surface area contributed by atoms with Crippen molar-refractivity contribution < 1.29 is 19.1 Å². The van der Waals surface area contributed by atoms with Crippen LogP contribution in [0, 0.1) is 0 Å². The lowest BCUT2D eigenvalue weighted by atomic mass is 10.2. The SMILES string of the molecule is COC(=O)C(CCI)NC(=O)OCc1ccccc1. The molecule has 0 heterocycles. The summed E-state index contributed by atoms with van der Waals surface area (Å²) in [6.07, 6.45) is -0.114. The number of alkyl carbamates (subject to hydrolysis) is 1. The van der Waals surface area contributed by atoms with E-state index in [4.69, 9.17) is 4.74 Å². The molecule has 1 rings (SSSR count). The highest BCUT2D eigenvalue weighted by Gasteiger charge is 2.21. The fourth-order valence-electron chi connectivity index (χ4n) is 1.41. The van der Waals surface area contributed by atoms with Crippen LogP contribution in [-0.2, 0) is 20.9 Å². The van der Waals surface area contributed by atoms with Crippen molar-refractivity contribution in [2.24, 2.45) is 0 Å². The number of ether oxygens (including phenoxy) is 2. The van der Waals surface area contributed by atoms with Crippen LogP contribution >= 0.6 is 22.6 Å². The smallest absolute Gasteiger partial charge is 0.408 e. The Balaban J connectivity index is 2.42. The van der Waals surface area contributed by atoms with E-state index in [1.807, 2.05) is 30.3 Å². The van der Waals surface area contributed by atoms with Crippen LogP contribution < -0.4 is 5.32 Å². The Morgan fingerprint density at radius 2 is 2.00 bits per heavy atom. The van der Waals surface area contributed by atoms with Crippen LogP contribution in [0.5, 0.6) is 0 Å². The molecule has 0 spiro atoms. The summed E-state index contributed by atoms with van der Waals surface area (Å²) in [5.41, 5.74) is 0.890. The van der Waals surface area contributed by atoms with E-state index in [9.17, 15) is 9.59 Å². The molecule has 0 saturated carbocycles. The third kappa shape index (κ3) is 5.91. The number of carbonyl (C=O) groups is 2. The number of nitrogens with one attached hydrogen (secondary N) is 1. The van der Waals surface area contributed by atoms with E-state index in [1.165, 1.54) is 7.11 Å². The number of alkyl halides is 1. The maximum absolute atomic E-state index is 11.6. The Morgan fingerprint density at radius 1 is 1.32 bits per heavy atom. The third-order valence-corrected chi connectivity index (χ3v) is 3.01. The summed E-state index contributed by atoms with van der Waals surface area (Å²) in [6.45, 7) is 0.171. The Morgan fingerprint density at radius 3 is 2.58 bits per heavy atom. The third-order valence-electron chi connectivity index (χ3n) is 2.39. The van der Waals surface area contributed by atoms with Crippen LogP contribution in [0.4, 0.5) is 4.79 Å². The van der Waals surface area contributed by atoms with Crippen molar-refractivity contribution in [2.45, 2.75) is 19.1 Å². The molecule has 1 atom stereocenters. The van der Waals surface area contributed by atoms with Crippen LogP contribution in [-0.4, -0.2) is 29.6 Å². The van der Waals surface area contributed by atoms with E-state index >= 15 is 0 Å². The van der Waals surface area contributed by atoms with Crippen molar-refractivity contribution in [3.8, 4) is 0 Å². The molecule has 0 fully saturated rings. The minimum Gasteiger partial charge on any atom is -0.467 e. The van der Waals surface area contributed by atoms with E-state index in [2.05, 4.69) is 32.6 Å². The summed E-state index contributed by atoms with van der Waals surface area (Å²) < 4.78 is 10.4. The average Bonchev–Trinajstić information content (AvgIpc) is 2.45. The van der Waals surface area contributed by atoms with Crippen LogP contribution in [0.15, 0.2) is 30.3 Å². The number of hydrogen-bond acceptors (Lipinski definition) is 4. The number of benzene rings is 1. The van der Waals surface area contributed by atoms with Gasteiger partial charge < -0.3 is 14.8 Å². The zero-order valence-corrected chi connectivity index (χ0v) is 12.8. The van der Waals surface area contributed by atoms with Crippen LogP contribution in [0.3, 0.4) is 0 Å². The number of rotatable bonds is 6. The molecule has 1 aromatic rings.